The maximum atomic E-state index is 13.6. The van der Waals surface area contributed by atoms with Crippen molar-refractivity contribution >= 4 is 27.5 Å². The first-order valence-corrected chi connectivity index (χ1v) is 12.1. The number of nitrogens with one attached hydrogen (secondary N) is 3. The molecule has 32 heavy (non-hydrogen) atoms. The molecule has 2 aromatic rings. The highest BCUT2D eigenvalue weighted by Crippen LogP contribution is 2.29. The lowest BCUT2D eigenvalue weighted by molar-refractivity contribution is -0.128. The van der Waals surface area contributed by atoms with Crippen molar-refractivity contribution < 1.29 is 22.4 Å². The number of aryl methyl sites for hydroxylation is 1. The lowest BCUT2D eigenvalue weighted by atomic mass is 9.81. The standard InChI is InChI=1S/C23H28FN3O4S/c1-16-6-12-19(13-7-16)32(30,31)26-14-17-8-10-18(11-9-17)23(29)25-15-22(28)27-21-5-3-2-4-20(21)24/h2-7,12-13,17-18,26H,8-11,14-15H2,1H3,(H,25,29)(H,27,28). The minimum atomic E-state index is -3.55. The van der Waals surface area contributed by atoms with Gasteiger partial charge < -0.3 is 10.6 Å². The van der Waals surface area contributed by atoms with Crippen LogP contribution in [0.15, 0.2) is 53.4 Å². The summed E-state index contributed by atoms with van der Waals surface area (Å²) < 4.78 is 41.1. The van der Waals surface area contributed by atoms with E-state index in [1.807, 2.05) is 6.92 Å². The van der Waals surface area contributed by atoms with Crippen LogP contribution in [0.3, 0.4) is 0 Å². The molecule has 0 radical (unpaired) electrons. The fourth-order valence-electron chi connectivity index (χ4n) is 3.73. The Morgan fingerprint density at radius 2 is 1.66 bits per heavy atom. The fourth-order valence-corrected chi connectivity index (χ4v) is 4.84. The molecule has 3 N–H and O–H groups in total. The molecule has 0 spiro atoms. The smallest absolute Gasteiger partial charge is 0.243 e. The van der Waals surface area contributed by atoms with Crippen molar-refractivity contribution in [3.63, 3.8) is 0 Å². The van der Waals surface area contributed by atoms with Gasteiger partial charge in [0.15, 0.2) is 0 Å². The second-order valence-corrected chi connectivity index (χ2v) is 9.90. The molecular formula is C23H28FN3O4S. The summed E-state index contributed by atoms with van der Waals surface area (Å²) in [4.78, 5) is 24.6. The Balaban J connectivity index is 1.39. The molecule has 7 nitrogen and oxygen atoms in total. The molecule has 0 aliphatic heterocycles. The highest BCUT2D eigenvalue weighted by molar-refractivity contribution is 7.89. The number of carbonyl (C=O) groups is 2. The molecule has 1 aliphatic rings. The summed E-state index contributed by atoms with van der Waals surface area (Å²) in [5, 5.41) is 5.03. The molecule has 3 rings (SSSR count). The molecule has 0 heterocycles. The van der Waals surface area contributed by atoms with Gasteiger partial charge in [-0.3, -0.25) is 9.59 Å². The van der Waals surface area contributed by atoms with Crippen LogP contribution < -0.4 is 15.4 Å². The third-order valence-corrected chi connectivity index (χ3v) is 7.12. The monoisotopic (exact) mass is 461 g/mol. The molecule has 0 atom stereocenters. The van der Waals surface area contributed by atoms with Crippen molar-refractivity contribution in [1.82, 2.24) is 10.0 Å². The van der Waals surface area contributed by atoms with Crippen molar-refractivity contribution in [3.05, 3.63) is 59.9 Å². The van der Waals surface area contributed by atoms with E-state index in [4.69, 9.17) is 0 Å². The zero-order valence-corrected chi connectivity index (χ0v) is 18.8. The van der Waals surface area contributed by atoms with Gasteiger partial charge in [0.2, 0.25) is 21.8 Å². The normalized spacial score (nSPS) is 18.7. The van der Waals surface area contributed by atoms with Crippen LogP contribution in [0.4, 0.5) is 10.1 Å². The van der Waals surface area contributed by atoms with Crippen molar-refractivity contribution in [2.75, 3.05) is 18.4 Å². The molecule has 0 bridgehead atoms. The summed E-state index contributed by atoms with van der Waals surface area (Å²) in [5.41, 5.74) is 1.06. The van der Waals surface area contributed by atoms with Gasteiger partial charge in [-0.05, 0) is 62.8 Å². The third-order valence-electron chi connectivity index (χ3n) is 5.68. The molecule has 172 valence electrons. The van der Waals surface area contributed by atoms with Gasteiger partial charge in [-0.25, -0.2) is 17.5 Å². The van der Waals surface area contributed by atoms with Crippen LogP contribution in [0.25, 0.3) is 0 Å². The van der Waals surface area contributed by atoms with Crippen LogP contribution in [-0.2, 0) is 19.6 Å². The molecule has 9 heteroatoms. The second-order valence-electron chi connectivity index (χ2n) is 8.13. The largest absolute Gasteiger partial charge is 0.347 e. The zero-order chi connectivity index (χ0) is 23.1. The molecule has 0 saturated heterocycles. The number of sulfonamides is 1. The molecular weight excluding hydrogens is 433 g/mol. The first-order chi connectivity index (χ1) is 15.2. The number of carbonyl (C=O) groups excluding carboxylic acids is 2. The maximum absolute atomic E-state index is 13.6. The summed E-state index contributed by atoms with van der Waals surface area (Å²) in [6.07, 6.45) is 2.68. The summed E-state index contributed by atoms with van der Waals surface area (Å²) in [6, 6.07) is 12.5. The summed E-state index contributed by atoms with van der Waals surface area (Å²) in [6.45, 7) is 1.99. The molecule has 1 saturated carbocycles. The average Bonchev–Trinajstić information content (AvgIpc) is 2.78. The van der Waals surface area contributed by atoms with Crippen LogP contribution in [-0.4, -0.2) is 33.3 Å². The molecule has 0 unspecified atom stereocenters. The Labute approximate surface area is 187 Å². The minimum Gasteiger partial charge on any atom is -0.347 e. The van der Waals surface area contributed by atoms with Crippen LogP contribution in [0, 0.1) is 24.6 Å². The Morgan fingerprint density at radius 3 is 2.31 bits per heavy atom. The maximum Gasteiger partial charge on any atom is 0.243 e. The molecule has 2 amide bonds. The third kappa shape index (κ3) is 6.61. The van der Waals surface area contributed by atoms with Crippen molar-refractivity contribution in [2.45, 2.75) is 37.5 Å². The molecule has 0 aromatic heterocycles. The van der Waals surface area contributed by atoms with Gasteiger partial charge in [-0.15, -0.1) is 0 Å². The molecule has 2 aromatic carbocycles. The van der Waals surface area contributed by atoms with Crippen LogP contribution in [0.1, 0.15) is 31.2 Å². The first-order valence-electron chi connectivity index (χ1n) is 10.6. The summed E-state index contributed by atoms with van der Waals surface area (Å²) in [5.74, 6) is -1.32. The fraction of sp³-hybridized carbons (Fsp3) is 0.391. The number of hydrogen-bond acceptors (Lipinski definition) is 4. The van der Waals surface area contributed by atoms with E-state index in [9.17, 15) is 22.4 Å². The van der Waals surface area contributed by atoms with Crippen molar-refractivity contribution in [3.8, 4) is 0 Å². The van der Waals surface area contributed by atoms with E-state index in [2.05, 4.69) is 15.4 Å². The Morgan fingerprint density at radius 1 is 1.00 bits per heavy atom. The van der Waals surface area contributed by atoms with Gasteiger partial charge in [-0.1, -0.05) is 29.8 Å². The second kappa shape index (κ2) is 10.7. The van der Waals surface area contributed by atoms with E-state index in [-0.39, 0.29) is 34.9 Å². The highest BCUT2D eigenvalue weighted by atomic mass is 32.2. The summed E-state index contributed by atoms with van der Waals surface area (Å²) >= 11 is 0. The van der Waals surface area contributed by atoms with Gasteiger partial charge in [-0.2, -0.15) is 0 Å². The number of rotatable bonds is 8. The van der Waals surface area contributed by atoms with Crippen molar-refractivity contribution in [1.29, 1.82) is 0 Å². The molecule has 1 aliphatic carbocycles. The predicted molar refractivity (Wildman–Crippen MR) is 120 cm³/mol. The van der Waals surface area contributed by atoms with E-state index in [1.54, 1.807) is 30.3 Å². The highest BCUT2D eigenvalue weighted by Gasteiger charge is 2.27. The number of halogens is 1. The van der Waals surface area contributed by atoms with Gasteiger partial charge in [0.05, 0.1) is 17.1 Å². The van der Waals surface area contributed by atoms with Crippen molar-refractivity contribution in [2.24, 2.45) is 11.8 Å². The first kappa shape index (κ1) is 23.9. The quantitative estimate of drug-likeness (QED) is 0.562. The Bertz CT molecular complexity index is 1050. The van der Waals surface area contributed by atoms with Crippen LogP contribution in [0.2, 0.25) is 0 Å². The van der Waals surface area contributed by atoms with Gasteiger partial charge in [0.25, 0.3) is 0 Å². The zero-order valence-electron chi connectivity index (χ0n) is 17.9. The van der Waals surface area contributed by atoms with Crippen LogP contribution >= 0.6 is 0 Å². The Hall–Kier alpha value is -2.78. The Kier molecular flexibility index (Phi) is 7.98. The molecule has 1 fully saturated rings. The topological polar surface area (TPSA) is 104 Å². The lowest BCUT2D eigenvalue weighted by Gasteiger charge is -2.27. The predicted octanol–water partition coefficient (Wildman–Crippen LogP) is 2.97. The SMILES string of the molecule is Cc1ccc(S(=O)(=O)NCC2CCC(C(=O)NCC(=O)Nc3ccccc3F)CC2)cc1. The average molecular weight is 462 g/mol. The van der Waals surface area contributed by atoms with E-state index >= 15 is 0 Å². The van der Waals surface area contributed by atoms with E-state index < -0.39 is 21.7 Å². The number of anilines is 1. The van der Waals surface area contributed by atoms with Gasteiger partial charge >= 0.3 is 0 Å². The lowest BCUT2D eigenvalue weighted by Crippen LogP contribution is -2.39. The van der Waals surface area contributed by atoms with E-state index in [1.165, 1.54) is 18.2 Å². The number of amides is 2. The summed E-state index contributed by atoms with van der Waals surface area (Å²) in [7, 11) is -3.55. The van der Waals surface area contributed by atoms with Gasteiger partial charge in [0.1, 0.15) is 5.82 Å². The number of benzene rings is 2. The van der Waals surface area contributed by atoms with Gasteiger partial charge in [0, 0.05) is 12.5 Å². The van der Waals surface area contributed by atoms with E-state index in [0.29, 0.717) is 19.4 Å². The van der Waals surface area contributed by atoms with E-state index in [0.717, 1.165) is 18.4 Å². The van der Waals surface area contributed by atoms with Crippen LogP contribution in [0.5, 0.6) is 0 Å². The minimum absolute atomic E-state index is 0.0698. The number of para-hydroxylation sites is 1. The number of hydrogen-bond donors (Lipinski definition) is 3.